The van der Waals surface area contributed by atoms with E-state index in [1.54, 1.807) is 0 Å². The van der Waals surface area contributed by atoms with E-state index in [0.29, 0.717) is 5.82 Å². The molecule has 8 aromatic carbocycles. The number of nitrogens with zero attached hydrogens (tertiary/aromatic N) is 2. The van der Waals surface area contributed by atoms with Crippen molar-refractivity contribution in [3.8, 4) is 56.2 Å². The highest BCUT2D eigenvalue weighted by molar-refractivity contribution is 6.21. The Kier molecular flexibility index (Phi) is 6.84. The fraction of sp³-hybridized carbons (Fsp3) is 0. The Morgan fingerprint density at radius 2 is 0.792 bits per heavy atom. The minimum absolute atomic E-state index is 0.704. The van der Waals surface area contributed by atoms with E-state index in [9.17, 15) is 0 Å². The average molecular weight is 611 g/mol. The first kappa shape index (κ1) is 27.9. The molecule has 0 aliphatic carbocycles. The van der Waals surface area contributed by atoms with Gasteiger partial charge < -0.3 is 0 Å². The zero-order valence-electron chi connectivity index (χ0n) is 26.2. The molecule has 48 heavy (non-hydrogen) atoms. The summed E-state index contributed by atoms with van der Waals surface area (Å²) in [6, 6.07) is 64.6. The molecule has 9 aromatic rings. The highest BCUT2D eigenvalue weighted by Gasteiger charge is 2.18. The molecule has 0 N–H and O–H groups in total. The summed E-state index contributed by atoms with van der Waals surface area (Å²) in [7, 11) is 0. The van der Waals surface area contributed by atoms with E-state index in [1.807, 2.05) is 6.07 Å². The molecule has 1 heterocycles. The monoisotopic (exact) mass is 610 g/mol. The standard InChI is InChI=1S/C46H30N2/c1-4-14-31(15-5-1)37-27-38(32-16-6-2-7-17-32)29-39(28-37)42-30-43(48-46(47-42)34-19-8-3-9-20-34)45-41-23-13-11-21-35(41)26-36-25-24-33-18-10-12-22-40(33)44(36)45/h1-30H. The van der Waals surface area contributed by atoms with Crippen LogP contribution in [0.3, 0.4) is 0 Å². The van der Waals surface area contributed by atoms with Crippen molar-refractivity contribution in [3.05, 3.63) is 182 Å². The summed E-state index contributed by atoms with van der Waals surface area (Å²) in [5.41, 5.74) is 9.58. The summed E-state index contributed by atoms with van der Waals surface area (Å²) in [6.45, 7) is 0. The van der Waals surface area contributed by atoms with Crippen molar-refractivity contribution in [2.24, 2.45) is 0 Å². The molecule has 0 atom stereocenters. The van der Waals surface area contributed by atoms with Crippen LogP contribution in [0.4, 0.5) is 0 Å². The van der Waals surface area contributed by atoms with Gasteiger partial charge in [-0.3, -0.25) is 0 Å². The van der Waals surface area contributed by atoms with Gasteiger partial charge in [0.25, 0.3) is 0 Å². The lowest BCUT2D eigenvalue weighted by atomic mass is 9.90. The number of benzene rings is 8. The molecular formula is C46H30N2. The summed E-state index contributed by atoms with van der Waals surface area (Å²) in [6.07, 6.45) is 0. The van der Waals surface area contributed by atoms with Crippen LogP contribution in [0.25, 0.3) is 88.5 Å². The molecule has 0 saturated carbocycles. The first-order valence-electron chi connectivity index (χ1n) is 16.3. The van der Waals surface area contributed by atoms with Crippen LogP contribution in [-0.4, -0.2) is 9.97 Å². The number of aromatic nitrogens is 2. The Bertz CT molecular complexity index is 2530. The summed E-state index contributed by atoms with van der Waals surface area (Å²) in [5.74, 6) is 0.704. The Labute approximate surface area is 279 Å². The molecule has 0 unspecified atom stereocenters. The van der Waals surface area contributed by atoms with E-state index in [0.717, 1.165) is 39.2 Å². The number of hydrogen-bond donors (Lipinski definition) is 0. The van der Waals surface area contributed by atoms with Gasteiger partial charge in [0.15, 0.2) is 5.82 Å². The van der Waals surface area contributed by atoms with Crippen molar-refractivity contribution < 1.29 is 0 Å². The maximum atomic E-state index is 5.36. The van der Waals surface area contributed by atoms with E-state index in [-0.39, 0.29) is 0 Å². The van der Waals surface area contributed by atoms with Crippen LogP contribution >= 0.6 is 0 Å². The molecule has 2 nitrogen and oxygen atoms in total. The van der Waals surface area contributed by atoms with Crippen molar-refractivity contribution in [1.29, 1.82) is 0 Å². The third-order valence-electron chi connectivity index (χ3n) is 9.21. The topological polar surface area (TPSA) is 25.8 Å². The van der Waals surface area contributed by atoms with Gasteiger partial charge in [0.05, 0.1) is 11.4 Å². The van der Waals surface area contributed by atoms with Crippen LogP contribution < -0.4 is 0 Å². The minimum Gasteiger partial charge on any atom is -0.228 e. The first-order chi connectivity index (χ1) is 23.8. The normalized spacial score (nSPS) is 11.3. The van der Waals surface area contributed by atoms with Gasteiger partial charge in [-0.2, -0.15) is 0 Å². The molecule has 0 aliphatic heterocycles. The molecule has 1 aromatic heterocycles. The van der Waals surface area contributed by atoms with Gasteiger partial charge in [-0.05, 0) is 84.9 Å². The van der Waals surface area contributed by atoms with Crippen LogP contribution in [0.5, 0.6) is 0 Å². The van der Waals surface area contributed by atoms with Crippen LogP contribution in [-0.2, 0) is 0 Å². The second-order valence-electron chi connectivity index (χ2n) is 12.2. The van der Waals surface area contributed by atoms with E-state index in [1.165, 1.54) is 43.4 Å². The lowest BCUT2D eigenvalue weighted by molar-refractivity contribution is 1.19. The van der Waals surface area contributed by atoms with E-state index >= 15 is 0 Å². The van der Waals surface area contributed by atoms with Crippen LogP contribution in [0.2, 0.25) is 0 Å². The lowest BCUT2D eigenvalue weighted by Crippen LogP contribution is -1.98. The molecule has 0 saturated heterocycles. The SMILES string of the molecule is c1ccc(-c2cc(-c3ccccc3)cc(-c3cc(-c4c5ccccc5cc5ccc6ccccc6c45)nc(-c4ccccc4)n3)c2)cc1. The van der Waals surface area contributed by atoms with Crippen molar-refractivity contribution in [2.45, 2.75) is 0 Å². The average Bonchev–Trinajstić information content (AvgIpc) is 3.17. The third-order valence-corrected chi connectivity index (χ3v) is 9.21. The highest BCUT2D eigenvalue weighted by atomic mass is 14.9. The fourth-order valence-electron chi connectivity index (χ4n) is 6.92. The highest BCUT2D eigenvalue weighted by Crippen LogP contribution is 2.41. The zero-order chi connectivity index (χ0) is 31.9. The maximum Gasteiger partial charge on any atom is 0.160 e. The minimum atomic E-state index is 0.704. The number of rotatable bonds is 5. The Hall–Kier alpha value is -6.38. The molecule has 0 spiro atoms. The summed E-state index contributed by atoms with van der Waals surface area (Å²) >= 11 is 0. The van der Waals surface area contributed by atoms with Crippen molar-refractivity contribution in [1.82, 2.24) is 9.97 Å². The predicted molar refractivity (Wildman–Crippen MR) is 202 cm³/mol. The third kappa shape index (κ3) is 5.01. The van der Waals surface area contributed by atoms with Gasteiger partial charge in [-0.1, -0.05) is 152 Å². The molecule has 0 aliphatic rings. The number of hydrogen-bond acceptors (Lipinski definition) is 2. The molecule has 0 amide bonds. The first-order valence-corrected chi connectivity index (χ1v) is 16.3. The van der Waals surface area contributed by atoms with Gasteiger partial charge >= 0.3 is 0 Å². The second-order valence-corrected chi connectivity index (χ2v) is 12.2. The molecule has 0 bridgehead atoms. The Morgan fingerprint density at radius 1 is 0.292 bits per heavy atom. The summed E-state index contributed by atoms with van der Waals surface area (Å²) < 4.78 is 0. The van der Waals surface area contributed by atoms with Gasteiger partial charge in [0.2, 0.25) is 0 Å². The smallest absolute Gasteiger partial charge is 0.160 e. The Morgan fingerprint density at radius 3 is 1.46 bits per heavy atom. The van der Waals surface area contributed by atoms with Crippen molar-refractivity contribution in [3.63, 3.8) is 0 Å². The largest absolute Gasteiger partial charge is 0.228 e. The lowest BCUT2D eigenvalue weighted by Gasteiger charge is -2.16. The fourth-order valence-corrected chi connectivity index (χ4v) is 6.92. The number of fused-ring (bicyclic) bond motifs is 4. The van der Waals surface area contributed by atoms with Crippen LogP contribution in [0, 0.1) is 0 Å². The maximum absolute atomic E-state index is 5.36. The zero-order valence-corrected chi connectivity index (χ0v) is 26.2. The molecule has 9 rings (SSSR count). The quantitative estimate of drug-likeness (QED) is 0.143. The molecule has 0 fully saturated rings. The summed E-state index contributed by atoms with van der Waals surface area (Å²) in [5, 5.41) is 7.19. The Balaban J connectivity index is 1.38. The van der Waals surface area contributed by atoms with E-state index in [4.69, 9.17) is 9.97 Å². The van der Waals surface area contributed by atoms with Gasteiger partial charge in [0.1, 0.15) is 0 Å². The molecule has 0 radical (unpaired) electrons. The van der Waals surface area contributed by atoms with E-state index in [2.05, 4.69) is 176 Å². The van der Waals surface area contributed by atoms with Crippen LogP contribution in [0.15, 0.2) is 182 Å². The van der Waals surface area contributed by atoms with E-state index < -0.39 is 0 Å². The second kappa shape index (κ2) is 11.8. The van der Waals surface area contributed by atoms with Gasteiger partial charge in [-0.15, -0.1) is 0 Å². The van der Waals surface area contributed by atoms with Gasteiger partial charge in [-0.25, -0.2) is 9.97 Å². The van der Waals surface area contributed by atoms with Gasteiger partial charge in [0, 0.05) is 16.7 Å². The van der Waals surface area contributed by atoms with Crippen LogP contribution in [0.1, 0.15) is 0 Å². The van der Waals surface area contributed by atoms with Crippen molar-refractivity contribution >= 4 is 32.3 Å². The summed E-state index contributed by atoms with van der Waals surface area (Å²) in [4.78, 5) is 10.6. The molecular weight excluding hydrogens is 581 g/mol. The van der Waals surface area contributed by atoms with Crippen molar-refractivity contribution in [2.75, 3.05) is 0 Å². The molecule has 224 valence electrons. The predicted octanol–water partition coefficient (Wildman–Crippen LogP) is 12.3. The molecule has 2 heteroatoms.